The molecule has 33 heavy (non-hydrogen) atoms. The van der Waals surface area contributed by atoms with Crippen LogP contribution in [0.1, 0.15) is 95.2 Å². The van der Waals surface area contributed by atoms with Crippen molar-refractivity contribution in [3.05, 3.63) is 84.7 Å². The van der Waals surface area contributed by atoms with Crippen molar-refractivity contribution in [1.29, 1.82) is 0 Å². The number of nitrogens with zero attached hydrogens (tertiary/aromatic N) is 1. The summed E-state index contributed by atoms with van der Waals surface area (Å²) < 4.78 is 0. The fourth-order valence-electron chi connectivity index (χ4n) is 6.65. The lowest BCUT2D eigenvalue weighted by Gasteiger charge is -2.45. The molecule has 1 heterocycles. The Labute approximate surface area is 201 Å². The lowest BCUT2D eigenvalue weighted by Crippen LogP contribution is -2.33. The zero-order valence-corrected chi connectivity index (χ0v) is 20.7. The Balaban J connectivity index is 1.48. The first-order valence-electron chi connectivity index (χ1n) is 13.2. The molecular weight excluding hydrogens is 398 g/mol. The zero-order valence-electron chi connectivity index (χ0n) is 20.7. The van der Waals surface area contributed by atoms with Crippen LogP contribution in [0.2, 0.25) is 0 Å². The summed E-state index contributed by atoms with van der Waals surface area (Å²) in [4.78, 5) is 4.71. The van der Waals surface area contributed by atoms with E-state index in [1.165, 1.54) is 74.1 Å². The van der Waals surface area contributed by atoms with Crippen LogP contribution in [0.15, 0.2) is 73.4 Å². The lowest BCUT2D eigenvalue weighted by molar-refractivity contribution is 0.0894. The minimum Gasteiger partial charge on any atom is -0.256 e. The number of aromatic nitrogens is 1. The summed E-state index contributed by atoms with van der Waals surface area (Å²) in [5.74, 6) is 1.58. The van der Waals surface area contributed by atoms with Gasteiger partial charge in [-0.2, -0.15) is 0 Å². The first kappa shape index (κ1) is 23.7. The van der Waals surface area contributed by atoms with E-state index in [9.17, 15) is 0 Å². The minimum absolute atomic E-state index is 0.472. The van der Waals surface area contributed by atoms with E-state index in [1.54, 1.807) is 5.56 Å². The van der Waals surface area contributed by atoms with E-state index in [0.717, 1.165) is 18.0 Å². The van der Waals surface area contributed by atoms with Crippen LogP contribution in [-0.2, 0) is 0 Å². The van der Waals surface area contributed by atoms with Crippen molar-refractivity contribution in [3.8, 4) is 0 Å². The highest BCUT2D eigenvalue weighted by Gasteiger charge is 2.39. The number of benzene rings is 2. The average Bonchev–Trinajstić information content (AvgIpc) is 2.84. The number of hydrogen-bond donors (Lipinski definition) is 0. The number of fused-ring (bicyclic) bond motifs is 1. The van der Waals surface area contributed by atoms with Gasteiger partial charge >= 0.3 is 0 Å². The van der Waals surface area contributed by atoms with Crippen LogP contribution in [0, 0.1) is 11.3 Å². The van der Waals surface area contributed by atoms with Crippen LogP contribution < -0.4 is 0 Å². The summed E-state index contributed by atoms with van der Waals surface area (Å²) >= 11 is 0. The SMILES string of the molecule is C=C(CCCC1(CCC)CC(CCC)CC(c2ccccc2)C1)c1nccc2ccccc12. The third-order valence-corrected chi connectivity index (χ3v) is 7.96. The van der Waals surface area contributed by atoms with Crippen molar-refractivity contribution in [1.82, 2.24) is 4.98 Å². The molecule has 0 bridgehead atoms. The van der Waals surface area contributed by atoms with Crippen LogP contribution in [0.3, 0.4) is 0 Å². The van der Waals surface area contributed by atoms with E-state index in [1.807, 2.05) is 6.20 Å². The number of allylic oxidation sites excluding steroid dienone is 1. The maximum atomic E-state index is 4.71. The smallest absolute Gasteiger partial charge is 0.0734 e. The molecule has 0 amide bonds. The lowest BCUT2D eigenvalue weighted by atomic mass is 9.59. The second kappa shape index (κ2) is 11.1. The summed E-state index contributed by atoms with van der Waals surface area (Å²) in [5, 5.41) is 2.49. The molecule has 1 saturated carbocycles. The molecule has 1 fully saturated rings. The minimum atomic E-state index is 0.472. The van der Waals surface area contributed by atoms with Crippen molar-refractivity contribution < 1.29 is 0 Å². The largest absolute Gasteiger partial charge is 0.256 e. The molecule has 2 aromatic carbocycles. The van der Waals surface area contributed by atoms with Gasteiger partial charge in [-0.1, -0.05) is 94.3 Å². The molecule has 0 aliphatic heterocycles. The van der Waals surface area contributed by atoms with Crippen molar-refractivity contribution in [2.75, 3.05) is 0 Å². The van der Waals surface area contributed by atoms with E-state index in [2.05, 4.69) is 81.1 Å². The van der Waals surface area contributed by atoms with E-state index >= 15 is 0 Å². The molecule has 3 aromatic rings. The molecule has 3 atom stereocenters. The third kappa shape index (κ3) is 5.75. The summed E-state index contributed by atoms with van der Waals surface area (Å²) in [6.45, 7) is 9.20. The van der Waals surface area contributed by atoms with Crippen molar-refractivity contribution >= 4 is 16.3 Å². The Morgan fingerprint density at radius 1 is 0.939 bits per heavy atom. The maximum absolute atomic E-state index is 4.71. The molecule has 1 aliphatic rings. The Morgan fingerprint density at radius 2 is 1.73 bits per heavy atom. The molecule has 1 nitrogen and oxygen atoms in total. The molecular formula is C32H41N. The van der Waals surface area contributed by atoms with Crippen molar-refractivity contribution in [3.63, 3.8) is 0 Å². The molecule has 1 aromatic heterocycles. The Hall–Kier alpha value is -2.41. The van der Waals surface area contributed by atoms with Crippen LogP contribution in [0.5, 0.6) is 0 Å². The molecule has 0 spiro atoms. The van der Waals surface area contributed by atoms with Gasteiger partial charge in [0.25, 0.3) is 0 Å². The van der Waals surface area contributed by atoms with Crippen molar-refractivity contribution in [2.24, 2.45) is 11.3 Å². The van der Waals surface area contributed by atoms with E-state index in [4.69, 9.17) is 4.98 Å². The van der Waals surface area contributed by atoms with Gasteiger partial charge < -0.3 is 0 Å². The third-order valence-electron chi connectivity index (χ3n) is 7.96. The highest BCUT2D eigenvalue weighted by atomic mass is 14.7. The van der Waals surface area contributed by atoms with Crippen LogP contribution >= 0.6 is 0 Å². The highest BCUT2D eigenvalue weighted by Crippen LogP contribution is 2.53. The van der Waals surface area contributed by atoms with Gasteiger partial charge in [-0.25, -0.2) is 0 Å². The molecule has 3 unspecified atom stereocenters. The van der Waals surface area contributed by atoms with E-state index < -0.39 is 0 Å². The topological polar surface area (TPSA) is 12.9 Å². The Morgan fingerprint density at radius 3 is 2.52 bits per heavy atom. The second-order valence-corrected chi connectivity index (χ2v) is 10.5. The van der Waals surface area contributed by atoms with Gasteiger partial charge in [-0.3, -0.25) is 4.98 Å². The molecule has 1 aliphatic carbocycles. The monoisotopic (exact) mass is 439 g/mol. The summed E-state index contributed by atoms with van der Waals surface area (Å²) in [6, 6.07) is 22.0. The maximum Gasteiger partial charge on any atom is 0.0734 e. The van der Waals surface area contributed by atoms with Gasteiger partial charge in [0.05, 0.1) is 5.69 Å². The van der Waals surface area contributed by atoms with Gasteiger partial charge in [-0.15, -0.1) is 0 Å². The number of pyridine rings is 1. The predicted octanol–water partition coefficient (Wildman–Crippen LogP) is 9.59. The van der Waals surface area contributed by atoms with Gasteiger partial charge in [0.15, 0.2) is 0 Å². The first-order chi connectivity index (χ1) is 16.1. The van der Waals surface area contributed by atoms with E-state index in [0.29, 0.717) is 11.3 Å². The summed E-state index contributed by atoms with van der Waals surface area (Å²) in [7, 11) is 0. The Kier molecular flexibility index (Phi) is 8.02. The molecule has 4 rings (SSSR count). The predicted molar refractivity (Wildman–Crippen MR) is 143 cm³/mol. The molecule has 0 N–H and O–H groups in total. The Bertz CT molecular complexity index is 1030. The standard InChI is InChI=1S/C32H41N/c1-4-12-26-22-29(27-14-7-6-8-15-27)24-32(23-26,19-5-2)20-11-13-25(3)31-30-17-10-9-16-28(30)18-21-33-31/h6-10,14-18,21,26,29H,3-5,11-13,19-20,22-24H2,1-2H3. The zero-order chi connectivity index (χ0) is 23.1. The summed E-state index contributed by atoms with van der Waals surface area (Å²) in [6.07, 6.45) is 15.0. The number of hydrogen-bond acceptors (Lipinski definition) is 1. The van der Waals surface area contributed by atoms with E-state index in [-0.39, 0.29) is 0 Å². The molecule has 174 valence electrons. The molecule has 0 radical (unpaired) electrons. The van der Waals surface area contributed by atoms with Gasteiger partial charge in [0, 0.05) is 11.6 Å². The molecule has 0 saturated heterocycles. The molecule has 1 heteroatoms. The van der Waals surface area contributed by atoms with Gasteiger partial charge in [0.2, 0.25) is 0 Å². The van der Waals surface area contributed by atoms with Crippen molar-refractivity contribution in [2.45, 2.75) is 84.0 Å². The van der Waals surface area contributed by atoms with Crippen LogP contribution in [-0.4, -0.2) is 4.98 Å². The fourth-order valence-corrected chi connectivity index (χ4v) is 6.65. The quantitative estimate of drug-likeness (QED) is 0.306. The number of rotatable bonds is 10. The average molecular weight is 440 g/mol. The van der Waals surface area contributed by atoms with Crippen LogP contribution in [0.4, 0.5) is 0 Å². The normalized spacial score (nSPS) is 23.0. The summed E-state index contributed by atoms with van der Waals surface area (Å²) in [5.41, 5.74) is 4.31. The highest BCUT2D eigenvalue weighted by molar-refractivity contribution is 5.91. The fraction of sp³-hybridized carbons (Fsp3) is 0.469. The first-order valence-corrected chi connectivity index (χ1v) is 13.2. The van der Waals surface area contributed by atoms with Gasteiger partial charge in [-0.05, 0) is 84.8 Å². The second-order valence-electron chi connectivity index (χ2n) is 10.5. The van der Waals surface area contributed by atoms with Gasteiger partial charge in [0.1, 0.15) is 0 Å². The van der Waals surface area contributed by atoms with Crippen LogP contribution in [0.25, 0.3) is 16.3 Å².